The lowest BCUT2D eigenvalue weighted by molar-refractivity contribution is 0.449. The van der Waals surface area contributed by atoms with E-state index >= 15 is 0 Å². The van der Waals surface area contributed by atoms with Gasteiger partial charge < -0.3 is 5.32 Å². The first-order valence-corrected chi connectivity index (χ1v) is 7.70. The van der Waals surface area contributed by atoms with Gasteiger partial charge in [-0.15, -0.1) is 0 Å². The molecular weight excluding hydrogens is 286 g/mol. The molecule has 0 aromatic carbocycles. The Morgan fingerprint density at radius 1 is 1.33 bits per heavy atom. The number of nitrogens with zero attached hydrogens (tertiary/aromatic N) is 4. The van der Waals surface area contributed by atoms with Crippen LogP contribution in [0.15, 0.2) is 12.4 Å². The van der Waals surface area contributed by atoms with E-state index in [9.17, 15) is 0 Å². The molecule has 1 unspecified atom stereocenters. The number of rotatable bonds is 6. The molecule has 0 bridgehead atoms. The average molecular weight is 310 g/mol. The van der Waals surface area contributed by atoms with Crippen LogP contribution in [-0.2, 0) is 20.1 Å². The lowest BCUT2D eigenvalue weighted by atomic mass is 10.1. The van der Waals surface area contributed by atoms with E-state index in [4.69, 9.17) is 11.6 Å². The summed E-state index contributed by atoms with van der Waals surface area (Å²) in [5, 5.41) is 13.0. The fourth-order valence-corrected chi connectivity index (χ4v) is 2.58. The Morgan fingerprint density at radius 2 is 2.05 bits per heavy atom. The topological polar surface area (TPSA) is 47.7 Å². The van der Waals surface area contributed by atoms with Gasteiger partial charge >= 0.3 is 0 Å². The smallest absolute Gasteiger partial charge is 0.131 e. The SMILES string of the molecule is Cc1cnn(CC(C)NCc2c(C(C)C)nn(C)c2Cl)c1. The molecule has 5 nitrogen and oxygen atoms in total. The molecule has 0 aliphatic carbocycles. The highest BCUT2D eigenvalue weighted by molar-refractivity contribution is 6.30. The summed E-state index contributed by atoms with van der Waals surface area (Å²) in [6.07, 6.45) is 3.93. The van der Waals surface area contributed by atoms with Crippen LogP contribution in [0.3, 0.4) is 0 Å². The lowest BCUT2D eigenvalue weighted by Crippen LogP contribution is -2.30. The third-order valence-electron chi connectivity index (χ3n) is 3.50. The first kappa shape index (κ1) is 16.0. The highest BCUT2D eigenvalue weighted by Gasteiger charge is 2.17. The molecule has 21 heavy (non-hydrogen) atoms. The fraction of sp³-hybridized carbons (Fsp3) is 0.600. The molecule has 2 heterocycles. The van der Waals surface area contributed by atoms with Crippen molar-refractivity contribution in [3.8, 4) is 0 Å². The van der Waals surface area contributed by atoms with Gasteiger partial charge in [0.15, 0.2) is 0 Å². The second kappa shape index (κ2) is 6.62. The van der Waals surface area contributed by atoms with Crippen LogP contribution in [0.4, 0.5) is 0 Å². The summed E-state index contributed by atoms with van der Waals surface area (Å²) in [6, 6.07) is 0.306. The predicted octanol–water partition coefficient (Wildman–Crippen LogP) is 2.88. The van der Waals surface area contributed by atoms with E-state index in [-0.39, 0.29) is 0 Å². The number of nitrogens with one attached hydrogen (secondary N) is 1. The van der Waals surface area contributed by atoms with Gasteiger partial charge in [0.1, 0.15) is 5.15 Å². The number of aromatic nitrogens is 4. The summed E-state index contributed by atoms with van der Waals surface area (Å²) in [6.45, 7) is 10.0. The van der Waals surface area contributed by atoms with Crippen molar-refractivity contribution in [2.45, 2.75) is 52.7 Å². The van der Waals surface area contributed by atoms with Crippen molar-refractivity contribution in [2.24, 2.45) is 7.05 Å². The molecule has 0 spiro atoms. The molecule has 116 valence electrons. The van der Waals surface area contributed by atoms with Crippen LogP contribution in [0.1, 0.15) is 43.5 Å². The van der Waals surface area contributed by atoms with Crippen molar-refractivity contribution in [3.05, 3.63) is 34.4 Å². The average Bonchev–Trinajstić information content (AvgIpc) is 2.93. The van der Waals surface area contributed by atoms with E-state index in [0.717, 1.165) is 24.3 Å². The number of hydrogen-bond donors (Lipinski definition) is 1. The number of hydrogen-bond acceptors (Lipinski definition) is 3. The molecular formula is C15H24ClN5. The zero-order chi connectivity index (χ0) is 15.6. The maximum Gasteiger partial charge on any atom is 0.131 e. The number of aryl methyl sites for hydroxylation is 2. The molecule has 0 aliphatic heterocycles. The molecule has 1 atom stereocenters. The standard InChI is InChI=1S/C15H24ClN5/c1-10(2)14-13(15(16)20(5)19-14)7-17-12(4)9-21-8-11(3)6-18-21/h6,8,10,12,17H,7,9H2,1-5H3. The Labute approximate surface area is 131 Å². The predicted molar refractivity (Wildman–Crippen MR) is 85.6 cm³/mol. The Hall–Kier alpha value is -1.33. The van der Waals surface area contributed by atoms with Crippen LogP contribution in [0, 0.1) is 6.92 Å². The van der Waals surface area contributed by atoms with Crippen LogP contribution in [0.25, 0.3) is 0 Å². The summed E-state index contributed by atoms with van der Waals surface area (Å²) < 4.78 is 3.70. The molecule has 0 saturated carbocycles. The lowest BCUT2D eigenvalue weighted by Gasteiger charge is -2.14. The van der Waals surface area contributed by atoms with Gasteiger partial charge in [0.25, 0.3) is 0 Å². The fourth-order valence-electron chi connectivity index (χ4n) is 2.38. The van der Waals surface area contributed by atoms with E-state index in [1.54, 1.807) is 4.68 Å². The van der Waals surface area contributed by atoms with Gasteiger partial charge in [-0.25, -0.2) is 0 Å². The molecule has 1 N–H and O–H groups in total. The minimum absolute atomic E-state index is 0.306. The Kier molecular flexibility index (Phi) is 5.06. The quantitative estimate of drug-likeness (QED) is 0.892. The van der Waals surface area contributed by atoms with Crippen LogP contribution in [0.5, 0.6) is 0 Å². The largest absolute Gasteiger partial charge is 0.308 e. The van der Waals surface area contributed by atoms with E-state index in [2.05, 4.69) is 42.5 Å². The van der Waals surface area contributed by atoms with Crippen molar-refractivity contribution >= 4 is 11.6 Å². The summed E-state index contributed by atoms with van der Waals surface area (Å²) >= 11 is 6.35. The van der Waals surface area contributed by atoms with Gasteiger partial charge in [-0.1, -0.05) is 25.4 Å². The van der Waals surface area contributed by atoms with Gasteiger partial charge in [-0.05, 0) is 25.3 Å². The van der Waals surface area contributed by atoms with Crippen LogP contribution in [0.2, 0.25) is 5.15 Å². The van der Waals surface area contributed by atoms with Gasteiger partial charge in [-0.2, -0.15) is 10.2 Å². The van der Waals surface area contributed by atoms with Crippen LogP contribution < -0.4 is 5.32 Å². The molecule has 2 rings (SSSR count). The van der Waals surface area contributed by atoms with Crippen molar-refractivity contribution in [2.75, 3.05) is 0 Å². The third kappa shape index (κ3) is 3.86. The van der Waals surface area contributed by atoms with E-state index < -0.39 is 0 Å². The highest BCUT2D eigenvalue weighted by Crippen LogP contribution is 2.25. The maximum absolute atomic E-state index is 6.35. The third-order valence-corrected chi connectivity index (χ3v) is 3.97. The minimum Gasteiger partial charge on any atom is -0.308 e. The Balaban J connectivity index is 1.99. The molecule has 6 heteroatoms. The van der Waals surface area contributed by atoms with E-state index in [0.29, 0.717) is 17.1 Å². The Morgan fingerprint density at radius 3 is 2.62 bits per heavy atom. The molecule has 0 saturated heterocycles. The zero-order valence-electron chi connectivity index (χ0n) is 13.4. The Bertz CT molecular complexity index is 599. The van der Waals surface area contributed by atoms with Crippen LogP contribution in [-0.4, -0.2) is 25.6 Å². The maximum atomic E-state index is 6.35. The molecule has 2 aromatic rings. The van der Waals surface area contributed by atoms with Crippen molar-refractivity contribution in [3.63, 3.8) is 0 Å². The van der Waals surface area contributed by atoms with Gasteiger partial charge in [0, 0.05) is 31.4 Å². The summed E-state index contributed by atoms with van der Waals surface area (Å²) in [7, 11) is 1.88. The van der Waals surface area contributed by atoms with Gasteiger partial charge in [0.05, 0.1) is 18.4 Å². The van der Waals surface area contributed by atoms with Crippen LogP contribution >= 0.6 is 11.6 Å². The first-order chi connectivity index (χ1) is 9.88. The van der Waals surface area contributed by atoms with E-state index in [1.165, 1.54) is 5.56 Å². The second-order valence-electron chi connectivity index (χ2n) is 5.95. The molecule has 0 amide bonds. The second-order valence-corrected chi connectivity index (χ2v) is 6.31. The minimum atomic E-state index is 0.306. The molecule has 2 aromatic heterocycles. The van der Waals surface area contributed by atoms with E-state index in [1.807, 2.05) is 24.9 Å². The van der Waals surface area contributed by atoms with Crippen molar-refractivity contribution < 1.29 is 0 Å². The summed E-state index contributed by atoms with van der Waals surface area (Å²) in [4.78, 5) is 0. The molecule has 0 radical (unpaired) electrons. The summed E-state index contributed by atoms with van der Waals surface area (Å²) in [5.41, 5.74) is 3.34. The normalized spacial score (nSPS) is 13.1. The molecule has 0 aliphatic rings. The van der Waals surface area contributed by atoms with Crippen molar-refractivity contribution in [1.82, 2.24) is 24.9 Å². The number of halogens is 1. The van der Waals surface area contributed by atoms with Gasteiger partial charge in [-0.3, -0.25) is 9.36 Å². The van der Waals surface area contributed by atoms with Gasteiger partial charge in [0.2, 0.25) is 0 Å². The van der Waals surface area contributed by atoms with Crippen molar-refractivity contribution in [1.29, 1.82) is 0 Å². The monoisotopic (exact) mass is 309 g/mol. The molecule has 0 fully saturated rings. The first-order valence-electron chi connectivity index (χ1n) is 7.32. The zero-order valence-corrected chi connectivity index (χ0v) is 14.1. The summed E-state index contributed by atoms with van der Waals surface area (Å²) in [5.74, 6) is 0.365. The highest BCUT2D eigenvalue weighted by atomic mass is 35.5.